The first-order valence-electron chi connectivity index (χ1n) is 4.98. The molecule has 0 saturated carbocycles. The molecule has 2 N–H and O–H groups in total. The Hall–Kier alpha value is -0.160. The Labute approximate surface area is 85.8 Å². The summed E-state index contributed by atoms with van der Waals surface area (Å²) in [5, 5.41) is 17.0. The molecule has 1 saturated heterocycles. The molecule has 1 rings (SSSR count). The van der Waals surface area contributed by atoms with Gasteiger partial charge in [-0.25, -0.2) is 0 Å². The summed E-state index contributed by atoms with van der Waals surface area (Å²) in [6, 6.07) is 0. The van der Waals surface area contributed by atoms with Crippen LogP contribution in [0.3, 0.4) is 0 Å². The lowest BCUT2D eigenvalue weighted by Crippen LogP contribution is -2.41. The SMILES string of the molecule is CC(C)O.COC1(CO)CCOCC1. The largest absolute Gasteiger partial charge is 0.394 e. The number of aliphatic hydroxyl groups excluding tert-OH is 2. The Balaban J connectivity index is 0.000000364. The molecule has 1 heterocycles. The highest BCUT2D eigenvalue weighted by molar-refractivity contribution is 4.81. The van der Waals surface area contributed by atoms with Gasteiger partial charge in [0, 0.05) is 39.3 Å². The van der Waals surface area contributed by atoms with Crippen molar-refractivity contribution in [2.75, 3.05) is 26.9 Å². The lowest BCUT2D eigenvalue weighted by Gasteiger charge is -2.33. The number of hydrogen-bond donors (Lipinski definition) is 2. The summed E-state index contributed by atoms with van der Waals surface area (Å²) in [4.78, 5) is 0. The van der Waals surface area contributed by atoms with Gasteiger partial charge in [0.25, 0.3) is 0 Å². The minimum Gasteiger partial charge on any atom is -0.394 e. The highest BCUT2D eigenvalue weighted by Gasteiger charge is 2.31. The van der Waals surface area contributed by atoms with Gasteiger partial charge in [-0.15, -0.1) is 0 Å². The molecule has 0 aromatic heterocycles. The summed E-state index contributed by atoms with van der Waals surface area (Å²) in [6.07, 6.45) is 1.44. The van der Waals surface area contributed by atoms with E-state index in [0.717, 1.165) is 12.8 Å². The Bertz CT molecular complexity index is 121. The van der Waals surface area contributed by atoms with Gasteiger partial charge in [0.05, 0.1) is 12.2 Å². The van der Waals surface area contributed by atoms with Crippen molar-refractivity contribution in [2.24, 2.45) is 0 Å². The second kappa shape index (κ2) is 7.17. The maximum absolute atomic E-state index is 8.96. The molecule has 0 aromatic rings. The molecule has 1 fully saturated rings. The average Bonchev–Trinajstić information content (AvgIpc) is 2.18. The van der Waals surface area contributed by atoms with Crippen LogP contribution in [0.2, 0.25) is 0 Å². The van der Waals surface area contributed by atoms with Crippen molar-refractivity contribution in [3.05, 3.63) is 0 Å². The minimum atomic E-state index is -0.307. The maximum atomic E-state index is 8.96. The average molecular weight is 206 g/mol. The van der Waals surface area contributed by atoms with E-state index in [4.69, 9.17) is 19.7 Å². The molecule has 0 bridgehead atoms. The third-order valence-corrected chi connectivity index (χ3v) is 2.13. The van der Waals surface area contributed by atoms with Gasteiger partial charge in [0.1, 0.15) is 0 Å². The highest BCUT2D eigenvalue weighted by Crippen LogP contribution is 2.23. The zero-order chi connectivity index (χ0) is 11.0. The molecular formula is C10H22O4. The number of rotatable bonds is 2. The van der Waals surface area contributed by atoms with Crippen LogP contribution in [-0.4, -0.2) is 48.8 Å². The van der Waals surface area contributed by atoms with E-state index in [0.29, 0.717) is 13.2 Å². The van der Waals surface area contributed by atoms with Gasteiger partial charge >= 0.3 is 0 Å². The van der Waals surface area contributed by atoms with E-state index in [-0.39, 0.29) is 18.3 Å². The molecule has 0 unspecified atom stereocenters. The van der Waals surface area contributed by atoms with Gasteiger partial charge in [-0.2, -0.15) is 0 Å². The lowest BCUT2D eigenvalue weighted by atomic mass is 9.95. The van der Waals surface area contributed by atoms with Gasteiger partial charge in [-0.1, -0.05) is 0 Å². The summed E-state index contributed by atoms with van der Waals surface area (Å²) in [7, 11) is 1.64. The summed E-state index contributed by atoms with van der Waals surface area (Å²) in [5.74, 6) is 0. The molecule has 0 aromatic carbocycles. The Morgan fingerprint density at radius 3 is 2.00 bits per heavy atom. The first kappa shape index (κ1) is 13.8. The molecule has 4 heteroatoms. The van der Waals surface area contributed by atoms with Crippen molar-refractivity contribution in [1.82, 2.24) is 0 Å². The molecule has 0 aliphatic carbocycles. The first-order chi connectivity index (χ1) is 6.56. The van der Waals surface area contributed by atoms with Crippen molar-refractivity contribution >= 4 is 0 Å². The van der Waals surface area contributed by atoms with Gasteiger partial charge < -0.3 is 19.7 Å². The molecule has 1 aliphatic rings. The van der Waals surface area contributed by atoms with Crippen molar-refractivity contribution in [1.29, 1.82) is 0 Å². The monoisotopic (exact) mass is 206 g/mol. The fourth-order valence-corrected chi connectivity index (χ4v) is 1.17. The third-order valence-electron chi connectivity index (χ3n) is 2.13. The van der Waals surface area contributed by atoms with Crippen molar-refractivity contribution in [3.63, 3.8) is 0 Å². The van der Waals surface area contributed by atoms with E-state index in [9.17, 15) is 0 Å². The quantitative estimate of drug-likeness (QED) is 0.693. The van der Waals surface area contributed by atoms with Crippen LogP contribution in [-0.2, 0) is 9.47 Å². The number of ether oxygens (including phenoxy) is 2. The van der Waals surface area contributed by atoms with Crippen molar-refractivity contribution < 1.29 is 19.7 Å². The zero-order valence-electron chi connectivity index (χ0n) is 9.32. The van der Waals surface area contributed by atoms with Gasteiger partial charge in [0.15, 0.2) is 0 Å². The molecule has 0 amide bonds. The highest BCUT2D eigenvalue weighted by atomic mass is 16.5. The minimum absolute atomic E-state index is 0.104. The molecule has 4 nitrogen and oxygen atoms in total. The van der Waals surface area contributed by atoms with Crippen LogP contribution in [0, 0.1) is 0 Å². The summed E-state index contributed by atoms with van der Waals surface area (Å²) in [5.41, 5.74) is -0.307. The Morgan fingerprint density at radius 2 is 1.79 bits per heavy atom. The molecule has 0 spiro atoms. The van der Waals surface area contributed by atoms with Gasteiger partial charge in [-0.05, 0) is 13.8 Å². The van der Waals surface area contributed by atoms with Crippen LogP contribution in [0.15, 0.2) is 0 Å². The molecule has 0 radical (unpaired) electrons. The van der Waals surface area contributed by atoms with E-state index < -0.39 is 0 Å². The van der Waals surface area contributed by atoms with Crippen LogP contribution in [0.25, 0.3) is 0 Å². The Morgan fingerprint density at radius 1 is 1.36 bits per heavy atom. The maximum Gasteiger partial charge on any atom is 0.0952 e. The summed E-state index contributed by atoms with van der Waals surface area (Å²) >= 11 is 0. The van der Waals surface area contributed by atoms with Gasteiger partial charge in [0.2, 0.25) is 0 Å². The van der Waals surface area contributed by atoms with E-state index in [1.165, 1.54) is 0 Å². The van der Waals surface area contributed by atoms with Gasteiger partial charge in [-0.3, -0.25) is 0 Å². The third kappa shape index (κ3) is 5.54. The van der Waals surface area contributed by atoms with Crippen LogP contribution in [0.4, 0.5) is 0 Å². The fraction of sp³-hybridized carbons (Fsp3) is 1.00. The number of aliphatic hydroxyl groups is 2. The zero-order valence-corrected chi connectivity index (χ0v) is 9.32. The van der Waals surface area contributed by atoms with Crippen molar-refractivity contribution in [3.8, 4) is 0 Å². The first-order valence-corrected chi connectivity index (χ1v) is 4.98. The molecule has 14 heavy (non-hydrogen) atoms. The second-order valence-electron chi connectivity index (χ2n) is 3.75. The van der Waals surface area contributed by atoms with Crippen LogP contribution < -0.4 is 0 Å². The number of methoxy groups -OCH3 is 1. The van der Waals surface area contributed by atoms with Crippen LogP contribution in [0.1, 0.15) is 26.7 Å². The van der Waals surface area contributed by atoms with Crippen molar-refractivity contribution in [2.45, 2.75) is 38.4 Å². The fourth-order valence-electron chi connectivity index (χ4n) is 1.17. The molecule has 86 valence electrons. The Kier molecular flexibility index (Phi) is 7.09. The van der Waals surface area contributed by atoms with Crippen LogP contribution in [0.5, 0.6) is 0 Å². The number of hydrogen-bond acceptors (Lipinski definition) is 4. The van der Waals surface area contributed by atoms with Crippen LogP contribution >= 0.6 is 0 Å². The van der Waals surface area contributed by atoms with E-state index >= 15 is 0 Å². The normalized spacial score (nSPS) is 20.1. The lowest BCUT2D eigenvalue weighted by molar-refractivity contribution is -0.115. The van der Waals surface area contributed by atoms with E-state index in [1.807, 2.05) is 0 Å². The molecule has 1 aliphatic heterocycles. The summed E-state index contributed by atoms with van der Waals surface area (Å²) < 4.78 is 10.3. The topological polar surface area (TPSA) is 58.9 Å². The summed E-state index contributed by atoms with van der Waals surface area (Å²) in [6.45, 7) is 4.95. The predicted molar refractivity (Wildman–Crippen MR) is 54.2 cm³/mol. The van der Waals surface area contributed by atoms with E-state index in [1.54, 1.807) is 21.0 Å². The second-order valence-corrected chi connectivity index (χ2v) is 3.75. The molecular weight excluding hydrogens is 184 g/mol. The molecule has 0 atom stereocenters. The smallest absolute Gasteiger partial charge is 0.0952 e. The predicted octanol–water partition coefficient (Wildman–Crippen LogP) is 0.561. The van der Waals surface area contributed by atoms with E-state index in [2.05, 4.69) is 0 Å². The standard InChI is InChI=1S/C7H14O3.C3H8O/c1-9-7(6-8)2-4-10-5-3-7;1-3(2)4/h8H,2-6H2,1H3;3-4H,1-2H3.